The Hall–Kier alpha value is -4.54. The van der Waals surface area contributed by atoms with Crippen molar-refractivity contribution in [1.29, 1.82) is 0 Å². The molecule has 0 aliphatic heterocycles. The second-order valence-electron chi connectivity index (χ2n) is 8.41. The first-order chi connectivity index (χ1) is 17.7. The van der Waals surface area contributed by atoms with Crippen molar-refractivity contribution >= 4 is 34.3 Å². The predicted octanol–water partition coefficient (Wildman–Crippen LogP) is 5.60. The first-order valence-electron chi connectivity index (χ1n) is 11.6. The topological polar surface area (TPSA) is 114 Å². The van der Waals surface area contributed by atoms with E-state index in [1.165, 1.54) is 4.68 Å². The minimum Gasteiger partial charge on any atom is -0.352 e. The molecule has 0 saturated carbocycles. The number of aromatic nitrogens is 2. The van der Waals surface area contributed by atoms with E-state index in [0.717, 1.165) is 29.2 Å². The molecule has 0 aliphatic rings. The number of nitrogens with zero attached hydrogens (tertiary/aromatic N) is 2. The standard InChI is InChI=1S/C26H25F3N6O2/c1-2-3-7-17-11-24(33-26(37)32-23-13-21(28)20(27)12-22(23)29)35(34-17)18-9-15-6-4-5-8-19(15)16(10-18)14-31-25(30)36/h4-6,8-13H,2-3,7,14H2,1H3,(H3,30,31,36)(H2,32,33,37). The molecular weight excluding hydrogens is 485 g/mol. The van der Waals surface area contributed by atoms with Gasteiger partial charge in [-0.15, -0.1) is 0 Å². The van der Waals surface area contributed by atoms with Gasteiger partial charge in [0.15, 0.2) is 11.6 Å². The zero-order chi connectivity index (χ0) is 26.5. The number of nitrogens with one attached hydrogen (secondary N) is 3. The van der Waals surface area contributed by atoms with Crippen molar-refractivity contribution in [2.24, 2.45) is 5.73 Å². The van der Waals surface area contributed by atoms with E-state index in [0.29, 0.717) is 29.9 Å². The van der Waals surface area contributed by atoms with Gasteiger partial charge in [-0.3, -0.25) is 5.32 Å². The number of rotatable bonds is 8. The maximum Gasteiger partial charge on any atom is 0.324 e. The van der Waals surface area contributed by atoms with Crippen LogP contribution in [0.2, 0.25) is 0 Å². The monoisotopic (exact) mass is 510 g/mol. The molecule has 11 heteroatoms. The number of benzene rings is 3. The van der Waals surface area contributed by atoms with Gasteiger partial charge in [-0.05, 0) is 41.3 Å². The summed E-state index contributed by atoms with van der Waals surface area (Å²) in [6.07, 6.45) is 2.46. The van der Waals surface area contributed by atoms with Crippen LogP contribution in [0, 0.1) is 17.5 Å². The molecule has 8 nitrogen and oxygen atoms in total. The molecule has 0 atom stereocenters. The van der Waals surface area contributed by atoms with E-state index in [9.17, 15) is 22.8 Å². The van der Waals surface area contributed by atoms with E-state index >= 15 is 0 Å². The Bertz CT molecular complexity index is 1470. The van der Waals surface area contributed by atoms with Gasteiger partial charge in [-0.1, -0.05) is 37.6 Å². The molecule has 4 rings (SSSR count). The van der Waals surface area contributed by atoms with Crippen LogP contribution in [0.3, 0.4) is 0 Å². The molecule has 3 aromatic carbocycles. The number of unbranched alkanes of at least 4 members (excludes halogenated alkanes) is 1. The highest BCUT2D eigenvalue weighted by Crippen LogP contribution is 2.27. The second kappa shape index (κ2) is 11.0. The van der Waals surface area contributed by atoms with Gasteiger partial charge >= 0.3 is 12.1 Å². The molecule has 4 amide bonds. The van der Waals surface area contributed by atoms with E-state index in [2.05, 4.69) is 21.0 Å². The van der Waals surface area contributed by atoms with Crippen molar-refractivity contribution in [2.45, 2.75) is 32.7 Å². The number of fused-ring (bicyclic) bond motifs is 1. The summed E-state index contributed by atoms with van der Waals surface area (Å²) in [5.41, 5.74) is 6.82. The number of urea groups is 2. The van der Waals surface area contributed by atoms with Gasteiger partial charge in [0.2, 0.25) is 0 Å². The van der Waals surface area contributed by atoms with Crippen molar-refractivity contribution in [3.8, 4) is 5.69 Å². The van der Waals surface area contributed by atoms with Crippen molar-refractivity contribution in [3.05, 3.63) is 83.3 Å². The SMILES string of the molecule is CCCCc1cc(NC(=O)Nc2cc(F)c(F)cc2F)n(-c2cc(CNC(N)=O)c3ccccc3c2)n1. The third-order valence-corrected chi connectivity index (χ3v) is 5.68. The number of primary amides is 1. The maximum atomic E-state index is 14.0. The predicted molar refractivity (Wildman–Crippen MR) is 135 cm³/mol. The van der Waals surface area contributed by atoms with Crippen LogP contribution in [0.25, 0.3) is 16.5 Å². The number of hydrogen-bond acceptors (Lipinski definition) is 3. The summed E-state index contributed by atoms with van der Waals surface area (Å²) in [5, 5.41) is 13.8. The Labute approximate surface area is 210 Å². The number of nitrogens with two attached hydrogens (primary N) is 1. The van der Waals surface area contributed by atoms with Gasteiger partial charge in [0, 0.05) is 24.7 Å². The van der Waals surface area contributed by atoms with Crippen LogP contribution < -0.4 is 21.7 Å². The van der Waals surface area contributed by atoms with Gasteiger partial charge in [0.1, 0.15) is 11.6 Å². The number of amides is 4. The van der Waals surface area contributed by atoms with Crippen LogP contribution in [-0.4, -0.2) is 21.8 Å². The number of carbonyl (C=O) groups excluding carboxylic acids is 2. The summed E-state index contributed by atoms with van der Waals surface area (Å²) in [6, 6.07) is 12.3. The Morgan fingerprint density at radius 1 is 0.973 bits per heavy atom. The number of carbonyl (C=O) groups is 2. The Morgan fingerprint density at radius 3 is 2.49 bits per heavy atom. The van der Waals surface area contributed by atoms with Gasteiger partial charge < -0.3 is 16.4 Å². The zero-order valence-corrected chi connectivity index (χ0v) is 19.9. The summed E-state index contributed by atoms with van der Waals surface area (Å²) >= 11 is 0. The van der Waals surface area contributed by atoms with Crippen LogP contribution in [0.4, 0.5) is 34.3 Å². The molecule has 4 aromatic rings. The number of hydrogen-bond donors (Lipinski definition) is 4. The molecule has 1 heterocycles. The first kappa shape index (κ1) is 25.5. The third kappa shape index (κ3) is 6.00. The number of aryl methyl sites for hydroxylation is 1. The summed E-state index contributed by atoms with van der Waals surface area (Å²) < 4.78 is 42.4. The molecular formula is C26H25F3N6O2. The van der Waals surface area contributed by atoms with Crippen molar-refractivity contribution in [2.75, 3.05) is 10.6 Å². The lowest BCUT2D eigenvalue weighted by atomic mass is 10.0. The lowest BCUT2D eigenvalue weighted by Crippen LogP contribution is -2.28. The Kier molecular flexibility index (Phi) is 7.61. The molecule has 1 aromatic heterocycles. The van der Waals surface area contributed by atoms with Gasteiger partial charge in [-0.2, -0.15) is 5.10 Å². The number of anilines is 2. The summed E-state index contributed by atoms with van der Waals surface area (Å²) in [6.45, 7) is 2.22. The average Bonchev–Trinajstić information content (AvgIpc) is 3.26. The van der Waals surface area contributed by atoms with E-state index in [1.807, 2.05) is 43.3 Å². The quantitative estimate of drug-likeness (QED) is 0.232. The molecule has 0 unspecified atom stereocenters. The van der Waals surface area contributed by atoms with E-state index in [4.69, 9.17) is 5.73 Å². The highest BCUT2D eigenvalue weighted by molar-refractivity contribution is 5.99. The average molecular weight is 511 g/mol. The zero-order valence-electron chi connectivity index (χ0n) is 19.9. The molecule has 0 fully saturated rings. The van der Waals surface area contributed by atoms with Gasteiger partial charge in [-0.25, -0.2) is 27.4 Å². The fourth-order valence-electron chi connectivity index (χ4n) is 3.91. The van der Waals surface area contributed by atoms with E-state index in [-0.39, 0.29) is 12.4 Å². The lowest BCUT2D eigenvalue weighted by molar-refractivity contribution is 0.248. The molecule has 0 spiro atoms. The Balaban J connectivity index is 1.71. The molecule has 0 bridgehead atoms. The van der Waals surface area contributed by atoms with Crippen LogP contribution in [0.15, 0.2) is 54.6 Å². The van der Waals surface area contributed by atoms with Gasteiger partial charge in [0.25, 0.3) is 0 Å². The molecule has 37 heavy (non-hydrogen) atoms. The summed E-state index contributed by atoms with van der Waals surface area (Å²) in [7, 11) is 0. The minimum atomic E-state index is -1.36. The largest absolute Gasteiger partial charge is 0.352 e. The van der Waals surface area contributed by atoms with Crippen LogP contribution in [0.5, 0.6) is 0 Å². The van der Waals surface area contributed by atoms with Crippen LogP contribution in [-0.2, 0) is 13.0 Å². The third-order valence-electron chi connectivity index (χ3n) is 5.68. The van der Waals surface area contributed by atoms with Gasteiger partial charge in [0.05, 0.1) is 17.1 Å². The molecule has 0 radical (unpaired) electrons. The van der Waals surface area contributed by atoms with Crippen molar-refractivity contribution < 1.29 is 22.8 Å². The summed E-state index contributed by atoms with van der Waals surface area (Å²) in [5.74, 6) is -3.50. The normalized spacial score (nSPS) is 10.9. The van der Waals surface area contributed by atoms with E-state index < -0.39 is 35.2 Å². The molecule has 5 N–H and O–H groups in total. The molecule has 192 valence electrons. The summed E-state index contributed by atoms with van der Waals surface area (Å²) in [4.78, 5) is 24.0. The number of halogens is 3. The highest BCUT2D eigenvalue weighted by Gasteiger charge is 2.17. The smallest absolute Gasteiger partial charge is 0.324 e. The molecule has 0 saturated heterocycles. The Morgan fingerprint density at radius 2 is 1.73 bits per heavy atom. The maximum absolute atomic E-state index is 14.0. The van der Waals surface area contributed by atoms with Crippen molar-refractivity contribution in [3.63, 3.8) is 0 Å². The highest BCUT2D eigenvalue weighted by atomic mass is 19.2. The van der Waals surface area contributed by atoms with E-state index in [1.54, 1.807) is 6.07 Å². The first-order valence-corrected chi connectivity index (χ1v) is 11.6. The minimum absolute atomic E-state index is 0.173. The van der Waals surface area contributed by atoms with Crippen molar-refractivity contribution in [1.82, 2.24) is 15.1 Å². The second-order valence-corrected chi connectivity index (χ2v) is 8.41. The van der Waals surface area contributed by atoms with Crippen LogP contribution in [0.1, 0.15) is 31.0 Å². The fourth-order valence-corrected chi connectivity index (χ4v) is 3.91. The fraction of sp³-hybridized carbons (Fsp3) is 0.192. The lowest BCUT2D eigenvalue weighted by Gasteiger charge is -2.14. The van der Waals surface area contributed by atoms with Crippen LogP contribution >= 0.6 is 0 Å². The molecule has 0 aliphatic carbocycles.